The Morgan fingerprint density at radius 3 is 2.54 bits per heavy atom. The van der Waals surface area contributed by atoms with E-state index in [-0.39, 0.29) is 10.5 Å². The zero-order chi connectivity index (χ0) is 20.5. The van der Waals surface area contributed by atoms with Crippen LogP contribution in [-0.2, 0) is 4.79 Å². The summed E-state index contributed by atoms with van der Waals surface area (Å²) < 4.78 is 0.143. The molecule has 1 aliphatic rings. The Kier molecular flexibility index (Phi) is 14.3. The number of unbranched alkanes of at least 4 members (excludes halogenated alkanes) is 3. The van der Waals surface area contributed by atoms with E-state index >= 15 is 0 Å². The van der Waals surface area contributed by atoms with Gasteiger partial charge in [0.2, 0.25) is 0 Å². The molecular formula is C23H36O3S2. The van der Waals surface area contributed by atoms with Gasteiger partial charge in [-0.1, -0.05) is 68.4 Å². The van der Waals surface area contributed by atoms with Crippen molar-refractivity contribution < 1.29 is 15.0 Å². The minimum absolute atomic E-state index is 0.105. The molecule has 1 rings (SSSR count). The van der Waals surface area contributed by atoms with Crippen molar-refractivity contribution in [3.8, 4) is 0 Å². The van der Waals surface area contributed by atoms with Gasteiger partial charge in [0, 0.05) is 6.42 Å². The van der Waals surface area contributed by atoms with E-state index in [1.54, 1.807) is 6.08 Å². The van der Waals surface area contributed by atoms with Crippen molar-refractivity contribution in [2.24, 2.45) is 0 Å². The first-order valence-corrected chi connectivity index (χ1v) is 12.4. The van der Waals surface area contributed by atoms with Gasteiger partial charge in [-0.15, -0.1) is 23.5 Å². The van der Waals surface area contributed by atoms with Crippen LogP contribution >= 0.6 is 23.5 Å². The molecule has 1 aliphatic heterocycles. The fourth-order valence-electron chi connectivity index (χ4n) is 2.83. The molecule has 0 bridgehead atoms. The zero-order valence-corrected chi connectivity index (χ0v) is 18.7. The normalized spacial score (nSPS) is 18.6. The van der Waals surface area contributed by atoms with E-state index in [1.165, 1.54) is 43.6 Å². The average Bonchev–Trinajstić information content (AvgIpc) is 2.68. The molecule has 2 N–H and O–H groups in total. The number of carboxylic acids is 1. The van der Waals surface area contributed by atoms with Gasteiger partial charge in [-0.2, -0.15) is 0 Å². The van der Waals surface area contributed by atoms with Gasteiger partial charge in [0.25, 0.3) is 0 Å². The van der Waals surface area contributed by atoms with Gasteiger partial charge in [0.15, 0.2) is 0 Å². The molecule has 0 spiro atoms. The number of hydrogen-bond donors (Lipinski definition) is 2. The smallest absolute Gasteiger partial charge is 0.303 e. The van der Waals surface area contributed by atoms with Crippen LogP contribution in [0.5, 0.6) is 0 Å². The number of thioether (sulfide) groups is 2. The van der Waals surface area contributed by atoms with Crippen LogP contribution in [0, 0.1) is 0 Å². The molecular weight excluding hydrogens is 388 g/mol. The quantitative estimate of drug-likeness (QED) is 0.193. The summed E-state index contributed by atoms with van der Waals surface area (Å²) in [5.41, 5.74) is 0. The van der Waals surface area contributed by atoms with E-state index in [9.17, 15) is 9.90 Å². The third-order valence-corrected chi connectivity index (χ3v) is 7.71. The van der Waals surface area contributed by atoms with E-state index < -0.39 is 12.1 Å². The lowest BCUT2D eigenvalue weighted by atomic mass is 10.1. The summed E-state index contributed by atoms with van der Waals surface area (Å²) in [6, 6.07) is 0. The molecule has 1 atom stereocenters. The summed E-state index contributed by atoms with van der Waals surface area (Å²) in [5, 5.41) is 18.4. The van der Waals surface area contributed by atoms with Gasteiger partial charge in [0.1, 0.15) is 0 Å². The molecule has 1 saturated heterocycles. The number of carbonyl (C=O) groups is 1. The highest BCUT2D eigenvalue weighted by atomic mass is 32.2. The Morgan fingerprint density at radius 2 is 1.82 bits per heavy atom. The minimum atomic E-state index is -0.815. The third kappa shape index (κ3) is 12.5. The van der Waals surface area contributed by atoms with Gasteiger partial charge >= 0.3 is 5.97 Å². The number of hydrogen-bond acceptors (Lipinski definition) is 4. The summed E-state index contributed by atoms with van der Waals surface area (Å²) in [6.07, 6.45) is 24.5. The lowest BCUT2D eigenvalue weighted by molar-refractivity contribution is -0.137. The molecule has 0 aromatic heterocycles. The van der Waals surface area contributed by atoms with E-state index in [0.717, 1.165) is 6.42 Å². The Labute approximate surface area is 179 Å². The number of carboxylic acid groups (broad SMARTS) is 1. The second-order valence-electron chi connectivity index (χ2n) is 7.02. The van der Waals surface area contributed by atoms with Crippen LogP contribution in [0.25, 0.3) is 0 Å². The number of aliphatic carboxylic acids is 1. The fourth-order valence-corrected chi connectivity index (χ4v) is 5.89. The van der Waals surface area contributed by atoms with Crippen LogP contribution in [0.15, 0.2) is 48.6 Å². The fraction of sp³-hybridized carbons (Fsp3) is 0.609. The highest BCUT2D eigenvalue weighted by molar-refractivity contribution is 8.19. The van der Waals surface area contributed by atoms with Crippen LogP contribution in [0.1, 0.15) is 64.7 Å². The maximum Gasteiger partial charge on any atom is 0.303 e. The summed E-state index contributed by atoms with van der Waals surface area (Å²) in [5.74, 6) is 1.62. The first kappa shape index (κ1) is 25.1. The highest BCUT2D eigenvalue weighted by Crippen LogP contribution is 2.46. The second-order valence-corrected chi connectivity index (χ2v) is 10.1. The predicted molar refractivity (Wildman–Crippen MR) is 125 cm³/mol. The van der Waals surface area contributed by atoms with Crippen LogP contribution in [0.2, 0.25) is 0 Å². The van der Waals surface area contributed by atoms with Gasteiger partial charge in [-0.25, -0.2) is 0 Å². The van der Waals surface area contributed by atoms with Crippen molar-refractivity contribution in [2.75, 3.05) is 11.5 Å². The Hall–Kier alpha value is -0.910. The molecule has 158 valence electrons. The minimum Gasteiger partial charge on any atom is -0.481 e. The lowest BCUT2D eigenvalue weighted by Crippen LogP contribution is -2.21. The molecule has 5 heteroatoms. The Bertz CT molecular complexity index is 532. The molecule has 1 heterocycles. The number of allylic oxidation sites excluding steroid dienone is 6. The third-order valence-electron chi connectivity index (χ3n) is 4.43. The Balaban J connectivity index is 2.43. The molecule has 28 heavy (non-hydrogen) atoms. The average molecular weight is 425 g/mol. The van der Waals surface area contributed by atoms with Crippen molar-refractivity contribution >= 4 is 29.5 Å². The lowest BCUT2D eigenvalue weighted by Gasteiger charge is -2.32. The molecule has 0 aliphatic carbocycles. The largest absolute Gasteiger partial charge is 0.481 e. The molecule has 0 saturated carbocycles. The maximum atomic E-state index is 10.5. The Morgan fingerprint density at radius 1 is 1.07 bits per heavy atom. The molecule has 0 unspecified atom stereocenters. The predicted octanol–water partition coefficient (Wildman–Crippen LogP) is 6.36. The van der Waals surface area contributed by atoms with Crippen molar-refractivity contribution in [3.05, 3.63) is 48.6 Å². The number of aliphatic hydroxyl groups is 1. The van der Waals surface area contributed by atoms with Gasteiger partial charge in [0.05, 0.1) is 10.2 Å². The second kappa shape index (κ2) is 15.9. The van der Waals surface area contributed by atoms with Crippen LogP contribution in [-0.4, -0.2) is 37.9 Å². The topological polar surface area (TPSA) is 57.5 Å². The monoisotopic (exact) mass is 424 g/mol. The zero-order valence-electron chi connectivity index (χ0n) is 17.1. The first-order valence-electron chi connectivity index (χ1n) is 10.4. The summed E-state index contributed by atoms with van der Waals surface area (Å²) >= 11 is 4.09. The molecule has 1 fully saturated rings. The van der Waals surface area contributed by atoms with Crippen LogP contribution in [0.4, 0.5) is 0 Å². The molecule has 0 radical (unpaired) electrons. The SMILES string of the molecule is CCCCC/C=C\CC1(/C=C/C=C/C=C\[C@@H](O)CCCC(=O)O)SCCCS1. The summed E-state index contributed by atoms with van der Waals surface area (Å²) in [7, 11) is 0. The molecule has 0 aromatic carbocycles. The van der Waals surface area contributed by atoms with Crippen molar-refractivity contribution in [1.29, 1.82) is 0 Å². The summed E-state index contributed by atoms with van der Waals surface area (Å²) in [4.78, 5) is 10.5. The van der Waals surface area contributed by atoms with E-state index in [1.807, 2.05) is 41.8 Å². The molecule has 0 amide bonds. The van der Waals surface area contributed by atoms with Crippen molar-refractivity contribution in [2.45, 2.75) is 74.9 Å². The molecule has 3 nitrogen and oxygen atoms in total. The van der Waals surface area contributed by atoms with Gasteiger partial charge in [-0.3, -0.25) is 4.79 Å². The van der Waals surface area contributed by atoms with E-state index in [4.69, 9.17) is 5.11 Å². The van der Waals surface area contributed by atoms with Crippen LogP contribution < -0.4 is 0 Å². The summed E-state index contributed by atoms with van der Waals surface area (Å²) in [6.45, 7) is 2.24. The molecule has 0 aromatic rings. The van der Waals surface area contributed by atoms with Crippen LogP contribution in [0.3, 0.4) is 0 Å². The van der Waals surface area contributed by atoms with Crippen molar-refractivity contribution in [1.82, 2.24) is 0 Å². The maximum absolute atomic E-state index is 10.5. The van der Waals surface area contributed by atoms with E-state index in [2.05, 4.69) is 31.2 Å². The van der Waals surface area contributed by atoms with Crippen molar-refractivity contribution in [3.63, 3.8) is 0 Å². The van der Waals surface area contributed by atoms with E-state index in [0.29, 0.717) is 12.8 Å². The highest BCUT2D eigenvalue weighted by Gasteiger charge is 2.29. The number of aliphatic hydroxyl groups excluding tert-OH is 1. The van der Waals surface area contributed by atoms with Gasteiger partial charge in [-0.05, 0) is 50.0 Å². The number of rotatable bonds is 14. The first-order chi connectivity index (χ1) is 13.6. The van der Waals surface area contributed by atoms with Gasteiger partial charge < -0.3 is 10.2 Å². The standard InChI is InChI=1S/C23H36O3S2/c1-2-3-4-5-7-10-17-23(27-19-13-20-28-23)18-11-8-6-9-14-21(24)15-12-16-22(25)26/h6-11,14,18,21,24H,2-5,12-13,15-17,19-20H2,1H3,(H,25,26)/b8-6+,10-7-,14-9-,18-11+/t21-/m1/s1.